The van der Waals surface area contributed by atoms with Gasteiger partial charge in [0.15, 0.2) is 0 Å². The molecule has 0 radical (unpaired) electrons. The van der Waals surface area contributed by atoms with E-state index >= 15 is 0 Å². The fourth-order valence-electron chi connectivity index (χ4n) is 2.98. The first-order valence-electron chi connectivity index (χ1n) is 7.91. The third-order valence-electron chi connectivity index (χ3n) is 4.15. The molecule has 0 unspecified atom stereocenters. The van der Waals surface area contributed by atoms with Crippen molar-refractivity contribution in [2.75, 3.05) is 17.2 Å². The molecule has 23 heavy (non-hydrogen) atoms. The first kappa shape index (κ1) is 14.4. The number of thioether (sulfide) groups is 1. The zero-order valence-electron chi connectivity index (χ0n) is 12.9. The van der Waals surface area contributed by atoms with Crippen LogP contribution in [0.1, 0.15) is 11.4 Å². The van der Waals surface area contributed by atoms with Gasteiger partial charge in [-0.15, -0.1) is 11.8 Å². The number of benzene rings is 2. The van der Waals surface area contributed by atoms with Crippen LogP contribution in [0.15, 0.2) is 71.9 Å². The van der Waals surface area contributed by atoms with Gasteiger partial charge in [-0.3, -0.25) is 0 Å². The number of nitrogens with zero attached hydrogens (tertiary/aromatic N) is 3. The van der Waals surface area contributed by atoms with Crippen molar-refractivity contribution in [2.45, 2.75) is 18.0 Å². The maximum atomic E-state index is 4.59. The highest BCUT2D eigenvalue weighted by Crippen LogP contribution is 2.34. The van der Waals surface area contributed by atoms with Gasteiger partial charge in [-0.25, -0.2) is 4.98 Å². The van der Waals surface area contributed by atoms with Crippen LogP contribution in [0.3, 0.4) is 0 Å². The molecule has 2 aromatic carbocycles. The molecule has 0 N–H and O–H groups in total. The topological polar surface area (TPSA) is 21.1 Å². The van der Waals surface area contributed by atoms with E-state index in [-0.39, 0.29) is 0 Å². The number of imidazole rings is 1. The lowest BCUT2D eigenvalue weighted by Crippen LogP contribution is -2.30. The number of fused-ring (bicyclic) bond motifs is 1. The Morgan fingerprint density at radius 1 is 0.957 bits per heavy atom. The zero-order valence-corrected chi connectivity index (χ0v) is 13.7. The standard InChI is InChI=1S/C19H19N3S/c1-2-6-16(7-3-1)14-22-11-10-20-19(22)15-21-12-13-23-18-9-5-4-8-17(18)21/h1-11H,12-15H2. The minimum absolute atomic E-state index is 0.859. The minimum atomic E-state index is 0.859. The Hall–Kier alpha value is -2.20. The van der Waals surface area contributed by atoms with E-state index in [1.165, 1.54) is 16.1 Å². The van der Waals surface area contributed by atoms with E-state index in [9.17, 15) is 0 Å². The average Bonchev–Trinajstić information content (AvgIpc) is 3.03. The largest absolute Gasteiger partial charge is 0.362 e. The van der Waals surface area contributed by atoms with Gasteiger partial charge in [0.1, 0.15) is 5.82 Å². The van der Waals surface area contributed by atoms with Crippen LogP contribution in [-0.2, 0) is 13.1 Å². The van der Waals surface area contributed by atoms with Gasteiger partial charge in [0.2, 0.25) is 0 Å². The van der Waals surface area contributed by atoms with E-state index in [4.69, 9.17) is 0 Å². The monoisotopic (exact) mass is 321 g/mol. The van der Waals surface area contributed by atoms with Crippen LogP contribution in [0.5, 0.6) is 0 Å². The second kappa shape index (κ2) is 6.50. The molecule has 0 fully saturated rings. The Morgan fingerprint density at radius 3 is 2.70 bits per heavy atom. The molecule has 0 bridgehead atoms. The Bertz CT molecular complexity index is 782. The molecule has 0 aliphatic carbocycles. The van der Waals surface area contributed by atoms with Crippen molar-refractivity contribution in [3.05, 3.63) is 78.4 Å². The van der Waals surface area contributed by atoms with Crippen LogP contribution in [0.25, 0.3) is 0 Å². The van der Waals surface area contributed by atoms with Crippen LogP contribution >= 0.6 is 11.8 Å². The van der Waals surface area contributed by atoms with Crippen LogP contribution in [0.2, 0.25) is 0 Å². The SMILES string of the molecule is c1ccc(Cn2ccnc2CN2CCSc3ccccc32)cc1. The summed E-state index contributed by atoms with van der Waals surface area (Å²) in [5.74, 6) is 2.26. The van der Waals surface area contributed by atoms with Crippen molar-refractivity contribution >= 4 is 17.4 Å². The summed E-state index contributed by atoms with van der Waals surface area (Å²) >= 11 is 1.94. The Labute approximate surface area is 141 Å². The number of hydrogen-bond donors (Lipinski definition) is 0. The average molecular weight is 321 g/mol. The molecular weight excluding hydrogens is 302 g/mol. The summed E-state index contributed by atoms with van der Waals surface area (Å²) in [5, 5.41) is 0. The molecule has 0 saturated carbocycles. The van der Waals surface area contributed by atoms with Gasteiger partial charge in [-0.05, 0) is 17.7 Å². The molecule has 0 saturated heterocycles. The molecule has 3 nitrogen and oxygen atoms in total. The van der Waals surface area contributed by atoms with Crippen LogP contribution in [0.4, 0.5) is 5.69 Å². The van der Waals surface area contributed by atoms with E-state index in [0.717, 1.165) is 31.2 Å². The predicted octanol–water partition coefficient (Wildman–Crippen LogP) is 4.04. The molecule has 0 atom stereocenters. The molecule has 4 rings (SSSR count). The van der Waals surface area contributed by atoms with Gasteiger partial charge in [-0.1, -0.05) is 42.5 Å². The Morgan fingerprint density at radius 2 is 1.78 bits per heavy atom. The number of hydrogen-bond acceptors (Lipinski definition) is 3. The zero-order chi connectivity index (χ0) is 15.5. The summed E-state index contributed by atoms with van der Waals surface area (Å²) in [4.78, 5) is 8.41. The van der Waals surface area contributed by atoms with E-state index in [2.05, 4.69) is 75.2 Å². The number of para-hydroxylation sites is 1. The molecular formula is C19H19N3S. The summed E-state index contributed by atoms with van der Waals surface area (Å²) < 4.78 is 2.25. The molecule has 0 amide bonds. The van der Waals surface area contributed by atoms with E-state index in [1.807, 2.05) is 18.0 Å². The second-order valence-electron chi connectivity index (χ2n) is 5.69. The third-order valence-corrected chi connectivity index (χ3v) is 5.20. The summed E-state index contributed by atoms with van der Waals surface area (Å²) in [6.45, 7) is 2.80. The van der Waals surface area contributed by atoms with Gasteiger partial charge in [0, 0.05) is 36.1 Å². The molecule has 1 aliphatic heterocycles. The molecule has 0 spiro atoms. The molecule has 2 heterocycles. The summed E-state index contributed by atoms with van der Waals surface area (Å²) in [5.41, 5.74) is 2.64. The van der Waals surface area contributed by atoms with Crippen molar-refractivity contribution in [1.82, 2.24) is 9.55 Å². The van der Waals surface area contributed by atoms with Crippen LogP contribution in [0, 0.1) is 0 Å². The number of aromatic nitrogens is 2. The summed E-state index contributed by atoms with van der Waals surface area (Å²) in [6.07, 6.45) is 3.98. The maximum Gasteiger partial charge on any atom is 0.128 e. The van der Waals surface area contributed by atoms with Crippen molar-refractivity contribution in [1.29, 1.82) is 0 Å². The number of rotatable bonds is 4. The number of anilines is 1. The van der Waals surface area contributed by atoms with Crippen molar-refractivity contribution < 1.29 is 0 Å². The van der Waals surface area contributed by atoms with Crippen molar-refractivity contribution in [3.8, 4) is 0 Å². The van der Waals surface area contributed by atoms with Crippen molar-refractivity contribution in [3.63, 3.8) is 0 Å². The summed E-state index contributed by atoms with van der Waals surface area (Å²) in [6, 6.07) is 19.2. The Kier molecular flexibility index (Phi) is 4.07. The lowest BCUT2D eigenvalue weighted by molar-refractivity contribution is 0.686. The lowest BCUT2D eigenvalue weighted by Gasteiger charge is -2.30. The fraction of sp³-hybridized carbons (Fsp3) is 0.211. The first-order valence-corrected chi connectivity index (χ1v) is 8.89. The van der Waals surface area contributed by atoms with Crippen molar-refractivity contribution in [2.24, 2.45) is 0 Å². The summed E-state index contributed by atoms with van der Waals surface area (Å²) in [7, 11) is 0. The van der Waals surface area contributed by atoms with Gasteiger partial charge in [0.25, 0.3) is 0 Å². The fourth-order valence-corrected chi connectivity index (χ4v) is 4.03. The highest BCUT2D eigenvalue weighted by atomic mass is 32.2. The van der Waals surface area contributed by atoms with E-state index in [0.29, 0.717) is 0 Å². The quantitative estimate of drug-likeness (QED) is 0.723. The third kappa shape index (κ3) is 3.13. The highest BCUT2D eigenvalue weighted by molar-refractivity contribution is 7.99. The predicted molar refractivity (Wildman–Crippen MR) is 96.0 cm³/mol. The van der Waals surface area contributed by atoms with Gasteiger partial charge >= 0.3 is 0 Å². The van der Waals surface area contributed by atoms with E-state index in [1.54, 1.807) is 0 Å². The first-order chi connectivity index (χ1) is 11.4. The minimum Gasteiger partial charge on any atom is -0.362 e. The van der Waals surface area contributed by atoms with Gasteiger partial charge in [-0.2, -0.15) is 0 Å². The maximum absolute atomic E-state index is 4.59. The smallest absolute Gasteiger partial charge is 0.128 e. The Balaban J connectivity index is 1.56. The molecule has 116 valence electrons. The van der Waals surface area contributed by atoms with Crippen LogP contribution in [-0.4, -0.2) is 21.8 Å². The molecule has 4 heteroatoms. The molecule has 3 aromatic rings. The molecule has 1 aromatic heterocycles. The van der Waals surface area contributed by atoms with E-state index < -0.39 is 0 Å². The second-order valence-corrected chi connectivity index (χ2v) is 6.83. The van der Waals surface area contributed by atoms with Crippen LogP contribution < -0.4 is 4.90 Å². The highest BCUT2D eigenvalue weighted by Gasteiger charge is 2.18. The molecule has 1 aliphatic rings. The van der Waals surface area contributed by atoms with Gasteiger partial charge in [0.05, 0.1) is 12.2 Å². The van der Waals surface area contributed by atoms with Gasteiger partial charge < -0.3 is 9.47 Å². The lowest BCUT2D eigenvalue weighted by atomic mass is 10.2. The normalized spacial score (nSPS) is 13.8.